The largest absolute Gasteiger partial charge is 0.452 e. The Kier molecular flexibility index (Phi) is 6.25. The number of nitrogens with zero attached hydrogens (tertiary/aromatic N) is 2. The molecular weight excluding hydrogens is 441 g/mol. The zero-order chi connectivity index (χ0) is 22.0. The van der Waals surface area contributed by atoms with Crippen molar-refractivity contribution >= 4 is 51.7 Å². The number of hydrogen-bond acceptors (Lipinski definition) is 5. The Morgan fingerprint density at radius 2 is 1.87 bits per heavy atom. The molecule has 1 aliphatic rings. The quantitative estimate of drug-likeness (QED) is 0.589. The lowest BCUT2D eigenvalue weighted by Crippen LogP contribution is -2.25. The number of carbonyl (C=O) groups is 2. The first-order chi connectivity index (χ1) is 14.9. The van der Waals surface area contributed by atoms with E-state index in [1.807, 2.05) is 0 Å². The van der Waals surface area contributed by atoms with Gasteiger partial charge in [0, 0.05) is 13.0 Å². The van der Waals surface area contributed by atoms with Gasteiger partial charge in [-0.3, -0.25) is 14.2 Å². The van der Waals surface area contributed by atoms with E-state index in [0.29, 0.717) is 17.4 Å². The minimum atomic E-state index is -0.695. The van der Waals surface area contributed by atoms with Crippen LogP contribution in [0.4, 0.5) is 5.69 Å². The highest BCUT2D eigenvalue weighted by Gasteiger charge is 2.17. The Bertz CT molecular complexity index is 1220. The van der Waals surface area contributed by atoms with Crippen LogP contribution in [-0.2, 0) is 22.5 Å². The van der Waals surface area contributed by atoms with Crippen LogP contribution >= 0.6 is 23.2 Å². The first kappa shape index (κ1) is 21.3. The maximum absolute atomic E-state index is 12.8. The molecule has 2 aromatic carbocycles. The SMILES string of the molecule is O=C(COC(=O)c1ccc2c(=O)n3c(nc2c1)CCCCC3)Nc1c(Cl)cccc1Cl. The number of halogens is 2. The second-order valence-corrected chi connectivity index (χ2v) is 8.06. The molecule has 1 amide bonds. The third-order valence-electron chi connectivity index (χ3n) is 5.11. The van der Waals surface area contributed by atoms with E-state index in [0.717, 1.165) is 31.5 Å². The zero-order valence-corrected chi connectivity index (χ0v) is 18.0. The number of aromatic nitrogens is 2. The van der Waals surface area contributed by atoms with Gasteiger partial charge in [-0.25, -0.2) is 9.78 Å². The molecule has 7 nitrogen and oxygen atoms in total. The molecule has 1 aromatic heterocycles. The Morgan fingerprint density at radius 3 is 2.65 bits per heavy atom. The summed E-state index contributed by atoms with van der Waals surface area (Å²) < 4.78 is 6.83. The Hall–Kier alpha value is -2.90. The molecule has 2 heterocycles. The summed E-state index contributed by atoms with van der Waals surface area (Å²) >= 11 is 12.0. The van der Waals surface area contributed by atoms with Crippen LogP contribution < -0.4 is 10.9 Å². The monoisotopic (exact) mass is 459 g/mol. The molecule has 3 aromatic rings. The van der Waals surface area contributed by atoms with Crippen molar-refractivity contribution in [3.63, 3.8) is 0 Å². The molecule has 31 heavy (non-hydrogen) atoms. The van der Waals surface area contributed by atoms with Gasteiger partial charge in [-0.1, -0.05) is 35.7 Å². The number of para-hydroxylation sites is 1. The summed E-state index contributed by atoms with van der Waals surface area (Å²) in [4.78, 5) is 42.0. The van der Waals surface area contributed by atoms with Crippen LogP contribution in [0.2, 0.25) is 10.0 Å². The van der Waals surface area contributed by atoms with Gasteiger partial charge in [0.1, 0.15) is 5.82 Å². The first-order valence-electron chi connectivity index (χ1n) is 9.88. The fourth-order valence-electron chi connectivity index (χ4n) is 3.55. The third-order valence-corrected chi connectivity index (χ3v) is 5.74. The Morgan fingerprint density at radius 1 is 1.10 bits per heavy atom. The molecule has 1 N–H and O–H groups in total. The molecule has 160 valence electrons. The zero-order valence-electron chi connectivity index (χ0n) is 16.5. The van der Waals surface area contributed by atoms with Crippen molar-refractivity contribution in [3.05, 3.63) is 68.2 Å². The average molecular weight is 460 g/mol. The van der Waals surface area contributed by atoms with Gasteiger partial charge in [-0.05, 0) is 43.2 Å². The van der Waals surface area contributed by atoms with E-state index >= 15 is 0 Å². The number of nitrogens with one attached hydrogen (secondary N) is 1. The number of fused-ring (bicyclic) bond motifs is 2. The van der Waals surface area contributed by atoms with Crippen LogP contribution in [0.5, 0.6) is 0 Å². The first-order valence-corrected chi connectivity index (χ1v) is 10.6. The summed E-state index contributed by atoms with van der Waals surface area (Å²) in [6.07, 6.45) is 3.71. The number of esters is 1. The van der Waals surface area contributed by atoms with E-state index in [1.54, 1.807) is 28.8 Å². The maximum Gasteiger partial charge on any atom is 0.338 e. The summed E-state index contributed by atoms with van der Waals surface area (Å²) in [5.74, 6) is -0.540. The summed E-state index contributed by atoms with van der Waals surface area (Å²) in [5.41, 5.74) is 0.808. The van der Waals surface area contributed by atoms with Gasteiger partial charge in [0.25, 0.3) is 11.5 Å². The number of ether oxygens (including phenoxy) is 1. The van der Waals surface area contributed by atoms with Crippen LogP contribution in [0.3, 0.4) is 0 Å². The van der Waals surface area contributed by atoms with Crippen molar-refractivity contribution < 1.29 is 14.3 Å². The number of amides is 1. The highest BCUT2D eigenvalue weighted by molar-refractivity contribution is 6.39. The molecule has 0 unspecified atom stereocenters. The summed E-state index contributed by atoms with van der Waals surface area (Å²) in [7, 11) is 0. The van der Waals surface area contributed by atoms with Gasteiger partial charge in [0.15, 0.2) is 6.61 Å². The molecule has 0 saturated carbocycles. The summed E-state index contributed by atoms with van der Waals surface area (Å²) in [6.45, 7) is 0.143. The number of aryl methyl sites for hydroxylation is 1. The number of carbonyl (C=O) groups excluding carboxylic acids is 2. The van der Waals surface area contributed by atoms with Gasteiger partial charge in [-0.15, -0.1) is 0 Å². The lowest BCUT2D eigenvalue weighted by Gasteiger charge is -2.11. The second kappa shape index (κ2) is 9.08. The third kappa shape index (κ3) is 4.57. The van der Waals surface area contributed by atoms with Gasteiger partial charge >= 0.3 is 5.97 Å². The molecule has 0 saturated heterocycles. The molecule has 0 fully saturated rings. The number of hydrogen-bond donors (Lipinski definition) is 1. The fraction of sp³-hybridized carbons (Fsp3) is 0.273. The summed E-state index contributed by atoms with van der Waals surface area (Å²) in [6, 6.07) is 9.41. The van der Waals surface area contributed by atoms with Crippen molar-refractivity contribution in [1.29, 1.82) is 0 Å². The van der Waals surface area contributed by atoms with Crippen molar-refractivity contribution in [2.45, 2.75) is 32.2 Å². The molecular formula is C22H19Cl2N3O4. The number of rotatable bonds is 4. The minimum absolute atomic E-state index is 0.0992. The van der Waals surface area contributed by atoms with Crippen molar-refractivity contribution in [2.75, 3.05) is 11.9 Å². The van der Waals surface area contributed by atoms with Crippen molar-refractivity contribution in [3.8, 4) is 0 Å². The lowest BCUT2D eigenvalue weighted by atomic mass is 10.1. The molecule has 0 radical (unpaired) electrons. The molecule has 0 bridgehead atoms. The van der Waals surface area contributed by atoms with Gasteiger partial charge in [0.05, 0.1) is 32.2 Å². The number of anilines is 1. The van der Waals surface area contributed by atoms with Crippen LogP contribution in [-0.4, -0.2) is 28.0 Å². The second-order valence-electron chi connectivity index (χ2n) is 7.25. The highest BCUT2D eigenvalue weighted by atomic mass is 35.5. The van der Waals surface area contributed by atoms with Crippen LogP contribution in [0.15, 0.2) is 41.2 Å². The van der Waals surface area contributed by atoms with Crippen molar-refractivity contribution in [2.24, 2.45) is 0 Å². The molecule has 0 spiro atoms. The molecule has 9 heteroatoms. The standard InChI is InChI=1S/C22H19Cl2N3O4/c23-15-5-4-6-16(24)20(15)26-19(28)12-31-22(30)13-8-9-14-17(11-13)25-18-7-2-1-3-10-27(18)21(14)29/h4-6,8-9,11H,1-3,7,10,12H2,(H,26,28). The molecule has 0 aliphatic carbocycles. The van der Waals surface area contributed by atoms with E-state index in [9.17, 15) is 14.4 Å². The molecule has 1 aliphatic heterocycles. The van der Waals surface area contributed by atoms with Gasteiger partial charge < -0.3 is 10.1 Å². The predicted molar refractivity (Wildman–Crippen MR) is 119 cm³/mol. The predicted octanol–water partition coefficient (Wildman–Crippen LogP) is 4.23. The number of benzene rings is 2. The topological polar surface area (TPSA) is 90.3 Å². The maximum atomic E-state index is 12.8. The van der Waals surface area contributed by atoms with E-state index in [1.165, 1.54) is 12.1 Å². The van der Waals surface area contributed by atoms with E-state index in [2.05, 4.69) is 10.3 Å². The van der Waals surface area contributed by atoms with Gasteiger partial charge in [-0.2, -0.15) is 0 Å². The van der Waals surface area contributed by atoms with Gasteiger partial charge in [0.2, 0.25) is 0 Å². The normalized spacial score (nSPS) is 13.4. The van der Waals surface area contributed by atoms with E-state index < -0.39 is 18.5 Å². The smallest absolute Gasteiger partial charge is 0.338 e. The van der Waals surface area contributed by atoms with E-state index in [4.69, 9.17) is 27.9 Å². The minimum Gasteiger partial charge on any atom is -0.452 e. The fourth-order valence-corrected chi connectivity index (χ4v) is 4.04. The lowest BCUT2D eigenvalue weighted by molar-refractivity contribution is -0.119. The van der Waals surface area contributed by atoms with Crippen LogP contribution in [0, 0.1) is 0 Å². The Labute approximate surface area is 187 Å². The molecule has 0 atom stereocenters. The summed E-state index contributed by atoms with van der Waals surface area (Å²) in [5, 5.41) is 3.53. The average Bonchev–Trinajstić information content (AvgIpc) is 3.00. The molecule has 4 rings (SSSR count). The Balaban J connectivity index is 1.49. The van der Waals surface area contributed by atoms with E-state index in [-0.39, 0.29) is 26.9 Å². The highest BCUT2D eigenvalue weighted by Crippen LogP contribution is 2.29. The van der Waals surface area contributed by atoms with Crippen LogP contribution in [0.25, 0.3) is 10.9 Å². The van der Waals surface area contributed by atoms with Crippen molar-refractivity contribution in [1.82, 2.24) is 9.55 Å². The van der Waals surface area contributed by atoms with Crippen LogP contribution in [0.1, 0.15) is 35.4 Å².